The van der Waals surface area contributed by atoms with Crippen LogP contribution < -0.4 is 14.2 Å². The number of hydrogen-bond donors (Lipinski definition) is 1. The highest BCUT2D eigenvalue weighted by Crippen LogP contribution is 2.46. The normalized spacial score (nSPS) is 18.5. The molecule has 1 aromatic heterocycles. The average molecular weight is 417 g/mol. The summed E-state index contributed by atoms with van der Waals surface area (Å²) in [5.41, 5.74) is 2.21. The fourth-order valence-corrected chi connectivity index (χ4v) is 3.84. The van der Waals surface area contributed by atoms with E-state index in [4.69, 9.17) is 19.6 Å². The summed E-state index contributed by atoms with van der Waals surface area (Å²) in [5.74, 6) is 0.584. The Morgan fingerprint density at radius 2 is 1.96 bits per heavy atom. The zero-order valence-corrected chi connectivity index (χ0v) is 16.3. The molecule has 1 aliphatic heterocycles. The maximum absolute atomic E-state index is 9.68. The van der Waals surface area contributed by atoms with Crippen LogP contribution in [0.4, 0.5) is 0 Å². The van der Waals surface area contributed by atoms with E-state index in [2.05, 4.69) is 32.0 Å². The molecule has 1 N–H and O–H groups in total. The minimum Gasteiger partial charge on any atom is -0.493 e. The second kappa shape index (κ2) is 6.92. The van der Waals surface area contributed by atoms with Crippen molar-refractivity contribution in [3.63, 3.8) is 0 Å². The molecule has 26 heavy (non-hydrogen) atoms. The molecule has 2 heterocycles. The van der Waals surface area contributed by atoms with Gasteiger partial charge in [0.15, 0.2) is 11.5 Å². The van der Waals surface area contributed by atoms with Gasteiger partial charge in [-0.3, -0.25) is 5.41 Å². The van der Waals surface area contributed by atoms with Gasteiger partial charge in [-0.2, -0.15) is 10.2 Å². The number of nitriles is 1. The molecule has 0 spiro atoms. The van der Waals surface area contributed by atoms with Crippen LogP contribution in [-0.2, 0) is 0 Å². The molecule has 1 aromatic carbocycles. The third kappa shape index (κ3) is 2.88. The van der Waals surface area contributed by atoms with Crippen LogP contribution in [0.5, 0.6) is 17.4 Å². The predicted molar refractivity (Wildman–Crippen MR) is 98.1 cm³/mol. The summed E-state index contributed by atoms with van der Waals surface area (Å²) >= 11 is 3.49. The van der Waals surface area contributed by atoms with E-state index in [1.165, 1.54) is 0 Å². The van der Waals surface area contributed by atoms with Crippen molar-refractivity contribution in [2.45, 2.75) is 19.8 Å². The first-order valence-corrected chi connectivity index (χ1v) is 8.63. The van der Waals surface area contributed by atoms with Crippen molar-refractivity contribution < 1.29 is 14.2 Å². The molecule has 0 bridgehead atoms. The molecule has 0 aliphatic carbocycles. The summed E-state index contributed by atoms with van der Waals surface area (Å²) in [7, 11) is 3.11. The van der Waals surface area contributed by atoms with E-state index in [1.54, 1.807) is 27.2 Å². The van der Waals surface area contributed by atoms with Gasteiger partial charge in [0.2, 0.25) is 11.8 Å². The lowest BCUT2D eigenvalue weighted by atomic mass is 9.79. The number of ether oxygens (including phenoxy) is 3. The van der Waals surface area contributed by atoms with Crippen LogP contribution in [-0.4, -0.2) is 30.1 Å². The molecular formula is C18H17BrN4O3. The molecule has 8 heteroatoms. The van der Waals surface area contributed by atoms with Gasteiger partial charge in [-0.15, -0.1) is 0 Å². The number of fused-ring (bicyclic) bond motifs is 1. The average Bonchev–Trinajstić information content (AvgIpc) is 2.59. The van der Waals surface area contributed by atoms with Gasteiger partial charge < -0.3 is 14.2 Å². The maximum atomic E-state index is 9.68. The highest BCUT2D eigenvalue weighted by atomic mass is 79.9. The molecule has 7 nitrogen and oxygen atoms in total. The Hall–Kier alpha value is -2.66. The Morgan fingerprint density at radius 3 is 2.58 bits per heavy atom. The van der Waals surface area contributed by atoms with Gasteiger partial charge in [0.05, 0.1) is 24.8 Å². The van der Waals surface area contributed by atoms with Gasteiger partial charge in [-0.25, -0.2) is 4.98 Å². The van der Waals surface area contributed by atoms with Gasteiger partial charge in [0.25, 0.3) is 0 Å². The number of halogens is 1. The van der Waals surface area contributed by atoms with Crippen LogP contribution >= 0.6 is 15.9 Å². The first-order valence-electron chi connectivity index (χ1n) is 7.83. The Balaban J connectivity index is 2.28. The molecule has 0 fully saturated rings. The van der Waals surface area contributed by atoms with Crippen LogP contribution in [0.15, 0.2) is 16.6 Å². The van der Waals surface area contributed by atoms with Crippen molar-refractivity contribution in [3.8, 4) is 23.4 Å². The Kier molecular flexibility index (Phi) is 4.83. The molecule has 0 saturated heterocycles. The fraction of sp³-hybridized carbons (Fsp3) is 0.333. The standard InChI is InChI=1S/C18H17BrN4O3/c1-8-14-15(10-5-12(19)16(25-4)13(6-10)24-3)11(7-20)17(21)26-18(14)23-9(2)22-8/h5-6,11,15,21H,1-4H3. The van der Waals surface area contributed by atoms with E-state index in [9.17, 15) is 5.26 Å². The lowest BCUT2D eigenvalue weighted by Gasteiger charge is -2.31. The molecule has 0 saturated carbocycles. The van der Waals surface area contributed by atoms with Gasteiger partial charge in [-0.1, -0.05) is 0 Å². The largest absolute Gasteiger partial charge is 0.493 e. The number of aryl methyl sites for hydroxylation is 2. The molecular weight excluding hydrogens is 400 g/mol. The Bertz CT molecular complexity index is 939. The SMILES string of the molecule is COc1cc(C2c3c(C)nc(C)nc3OC(=N)C2C#N)cc(Br)c1OC. The zero-order valence-electron chi connectivity index (χ0n) is 14.8. The second-order valence-corrected chi connectivity index (χ2v) is 6.72. The topological polar surface area (TPSA) is 101 Å². The molecule has 3 rings (SSSR count). The van der Waals surface area contributed by atoms with Crippen molar-refractivity contribution in [2.24, 2.45) is 5.92 Å². The maximum Gasteiger partial charge on any atom is 0.228 e. The fourth-order valence-electron chi connectivity index (χ4n) is 3.22. The van der Waals surface area contributed by atoms with Crippen molar-refractivity contribution in [1.82, 2.24) is 9.97 Å². The van der Waals surface area contributed by atoms with Gasteiger partial charge in [-0.05, 0) is 47.5 Å². The number of nitrogens with zero attached hydrogens (tertiary/aromatic N) is 3. The molecule has 2 aromatic rings. The summed E-state index contributed by atoms with van der Waals surface area (Å²) < 4.78 is 17.0. The monoisotopic (exact) mass is 416 g/mol. The van der Waals surface area contributed by atoms with E-state index in [0.717, 1.165) is 11.3 Å². The second-order valence-electron chi connectivity index (χ2n) is 5.86. The van der Waals surface area contributed by atoms with Crippen LogP contribution in [0.2, 0.25) is 0 Å². The number of rotatable bonds is 3. The Labute approximate surface area is 159 Å². The zero-order chi connectivity index (χ0) is 19.0. The third-order valence-electron chi connectivity index (χ3n) is 4.30. The number of aromatic nitrogens is 2. The smallest absolute Gasteiger partial charge is 0.228 e. The van der Waals surface area contributed by atoms with Gasteiger partial charge in [0.1, 0.15) is 11.7 Å². The lowest BCUT2D eigenvalue weighted by Crippen LogP contribution is -2.32. The van der Waals surface area contributed by atoms with Crippen molar-refractivity contribution >= 4 is 21.8 Å². The van der Waals surface area contributed by atoms with E-state index in [0.29, 0.717) is 33.2 Å². The number of methoxy groups -OCH3 is 2. The van der Waals surface area contributed by atoms with Crippen molar-refractivity contribution in [2.75, 3.05) is 14.2 Å². The first kappa shape index (κ1) is 18.1. The van der Waals surface area contributed by atoms with E-state index >= 15 is 0 Å². The summed E-state index contributed by atoms with van der Waals surface area (Å²) in [6.45, 7) is 3.61. The number of benzene rings is 1. The minimum absolute atomic E-state index is 0.131. The van der Waals surface area contributed by atoms with Crippen LogP contribution in [0.25, 0.3) is 0 Å². The summed E-state index contributed by atoms with van der Waals surface area (Å²) in [4.78, 5) is 8.73. The molecule has 2 atom stereocenters. The van der Waals surface area contributed by atoms with Crippen molar-refractivity contribution in [1.29, 1.82) is 10.7 Å². The minimum atomic E-state index is -0.794. The van der Waals surface area contributed by atoms with Crippen LogP contribution in [0, 0.1) is 36.5 Å². The van der Waals surface area contributed by atoms with E-state index in [1.807, 2.05) is 13.0 Å². The highest BCUT2D eigenvalue weighted by molar-refractivity contribution is 9.10. The highest BCUT2D eigenvalue weighted by Gasteiger charge is 2.40. The molecule has 1 aliphatic rings. The molecule has 0 radical (unpaired) electrons. The number of hydrogen-bond acceptors (Lipinski definition) is 7. The first-order chi connectivity index (χ1) is 12.4. The molecule has 0 amide bonds. The Morgan fingerprint density at radius 1 is 1.23 bits per heavy atom. The van der Waals surface area contributed by atoms with Gasteiger partial charge in [0, 0.05) is 17.2 Å². The van der Waals surface area contributed by atoms with Gasteiger partial charge >= 0.3 is 0 Å². The summed E-state index contributed by atoms with van der Waals surface area (Å²) in [6, 6.07) is 5.84. The molecule has 2 unspecified atom stereocenters. The van der Waals surface area contributed by atoms with Crippen molar-refractivity contribution in [3.05, 3.63) is 39.3 Å². The summed E-state index contributed by atoms with van der Waals surface area (Å²) in [6.07, 6.45) is 0. The number of nitrogens with one attached hydrogen (secondary N) is 1. The quantitative estimate of drug-likeness (QED) is 0.820. The summed E-state index contributed by atoms with van der Waals surface area (Å²) in [5, 5.41) is 17.8. The van der Waals surface area contributed by atoms with Crippen LogP contribution in [0.3, 0.4) is 0 Å². The third-order valence-corrected chi connectivity index (χ3v) is 4.89. The lowest BCUT2D eigenvalue weighted by molar-refractivity contribution is 0.352. The van der Waals surface area contributed by atoms with E-state index in [-0.39, 0.29) is 5.90 Å². The van der Waals surface area contributed by atoms with Crippen LogP contribution in [0.1, 0.15) is 28.6 Å². The predicted octanol–water partition coefficient (Wildman–Crippen LogP) is 3.51. The van der Waals surface area contributed by atoms with E-state index < -0.39 is 11.8 Å². The molecule has 134 valence electrons.